The van der Waals surface area contributed by atoms with E-state index < -0.39 is 6.04 Å². The Kier molecular flexibility index (Phi) is 8.21. The van der Waals surface area contributed by atoms with E-state index in [-0.39, 0.29) is 50.5 Å². The number of carbonyl (C=O) groups excluding carboxylic acids is 3. The Morgan fingerprint density at radius 1 is 0.949 bits per heavy atom. The van der Waals surface area contributed by atoms with Crippen LogP contribution in [-0.4, -0.2) is 49.7 Å². The molecule has 1 aliphatic heterocycles. The number of pyridine rings is 1. The topological polar surface area (TPSA) is 85.2 Å². The van der Waals surface area contributed by atoms with E-state index in [4.69, 9.17) is 23.2 Å². The van der Waals surface area contributed by atoms with E-state index in [1.807, 2.05) is 18.5 Å². The van der Waals surface area contributed by atoms with Gasteiger partial charge in [-0.15, -0.1) is 0 Å². The van der Waals surface area contributed by atoms with E-state index in [9.17, 15) is 14.4 Å². The van der Waals surface area contributed by atoms with Crippen molar-refractivity contribution < 1.29 is 14.4 Å². The summed E-state index contributed by atoms with van der Waals surface area (Å²) in [4.78, 5) is 45.8. The summed E-state index contributed by atoms with van der Waals surface area (Å²) >= 11 is 12.8. The summed E-state index contributed by atoms with van der Waals surface area (Å²) in [7, 11) is 0. The van der Waals surface area contributed by atoms with Gasteiger partial charge in [0.1, 0.15) is 5.78 Å². The summed E-state index contributed by atoms with van der Waals surface area (Å²) in [5.41, 5.74) is 1.31. The highest BCUT2D eigenvalue weighted by atomic mass is 35.5. The van der Waals surface area contributed by atoms with Crippen molar-refractivity contribution in [2.75, 3.05) is 6.54 Å². The van der Waals surface area contributed by atoms with E-state index in [1.165, 1.54) is 31.7 Å². The summed E-state index contributed by atoms with van der Waals surface area (Å²) in [5.74, 6) is 0.624. The first kappa shape index (κ1) is 28.3. The highest BCUT2D eigenvalue weighted by Crippen LogP contribution is 2.43. The molecule has 0 aromatic carbocycles. The summed E-state index contributed by atoms with van der Waals surface area (Å²) in [6.07, 6.45) is 14.4. The van der Waals surface area contributed by atoms with Gasteiger partial charge in [-0.05, 0) is 57.8 Å². The predicted octanol–water partition coefficient (Wildman–Crippen LogP) is 6.90. The van der Waals surface area contributed by atoms with Crippen molar-refractivity contribution in [2.45, 2.75) is 97.1 Å². The van der Waals surface area contributed by atoms with Crippen LogP contribution in [0, 0.1) is 24.2 Å². The van der Waals surface area contributed by atoms with Crippen molar-refractivity contribution in [2.24, 2.45) is 17.3 Å². The van der Waals surface area contributed by atoms with Crippen molar-refractivity contribution >= 4 is 40.7 Å². The molecule has 0 N–H and O–H groups in total. The fourth-order valence-electron chi connectivity index (χ4n) is 7.09. The van der Waals surface area contributed by atoms with Crippen LogP contribution >= 0.6 is 23.2 Å². The SMILES string of the molecule is Cc1c(C(=O)N2C[C@H](C3CCCCC3)CC2C(=O)c2c(Cl)cncc2Cl)cnn1[C@H]1CC[C@](C)(C(C)=O)CC1. The number of likely N-dealkylation sites (tertiary alicyclic amines) is 1. The Morgan fingerprint density at radius 2 is 1.59 bits per heavy atom. The molecule has 0 spiro atoms. The first-order chi connectivity index (χ1) is 18.6. The smallest absolute Gasteiger partial charge is 0.257 e. The van der Waals surface area contributed by atoms with E-state index in [0.29, 0.717) is 24.4 Å². The minimum atomic E-state index is -0.629. The maximum atomic E-state index is 14.1. The Labute approximate surface area is 240 Å². The van der Waals surface area contributed by atoms with Crippen molar-refractivity contribution in [3.05, 3.63) is 45.5 Å². The van der Waals surface area contributed by atoms with Crippen molar-refractivity contribution in [3.8, 4) is 0 Å². The number of hydrogen-bond donors (Lipinski definition) is 0. The molecular formula is C30H38Cl2N4O3. The van der Waals surface area contributed by atoms with E-state index in [1.54, 1.807) is 18.0 Å². The molecule has 1 saturated heterocycles. The molecule has 2 aliphatic carbocycles. The Balaban J connectivity index is 1.41. The number of hydrogen-bond acceptors (Lipinski definition) is 5. The number of amides is 1. The second-order valence-electron chi connectivity index (χ2n) is 12.1. The lowest BCUT2D eigenvalue weighted by Gasteiger charge is -2.35. The molecule has 9 heteroatoms. The van der Waals surface area contributed by atoms with Crippen LogP contribution in [0.15, 0.2) is 18.6 Å². The number of rotatable bonds is 6. The second kappa shape index (κ2) is 11.3. The Morgan fingerprint density at radius 3 is 2.21 bits per heavy atom. The van der Waals surface area contributed by atoms with Gasteiger partial charge in [0, 0.05) is 30.0 Å². The van der Waals surface area contributed by atoms with Crippen LogP contribution in [-0.2, 0) is 4.79 Å². The molecule has 1 unspecified atom stereocenters. The maximum absolute atomic E-state index is 14.1. The molecule has 3 aliphatic rings. The van der Waals surface area contributed by atoms with Crippen LogP contribution in [0.3, 0.4) is 0 Å². The van der Waals surface area contributed by atoms with Crippen molar-refractivity contribution in [3.63, 3.8) is 0 Å². The van der Waals surface area contributed by atoms with Crippen LogP contribution in [0.4, 0.5) is 0 Å². The van der Waals surface area contributed by atoms with Gasteiger partial charge in [-0.2, -0.15) is 5.10 Å². The standard InChI is InChI=1S/C30H38Cl2N4O3/c1-18-23(14-34-36(18)22-9-11-30(3,12-10-22)19(2)37)29(39)35-17-21(20-7-5-4-6-8-20)13-26(35)28(38)27-24(31)15-33-16-25(27)32/h14-16,20-22,26H,4-13,17H2,1-3H3/t21-,22-,26?,30-/m1/s1. The number of nitrogens with zero attached hydrogens (tertiary/aromatic N) is 4. The van der Waals surface area contributed by atoms with Crippen LogP contribution in [0.2, 0.25) is 10.0 Å². The van der Waals surface area contributed by atoms with Gasteiger partial charge in [-0.3, -0.25) is 24.0 Å². The second-order valence-corrected chi connectivity index (χ2v) is 13.0. The van der Waals surface area contributed by atoms with Gasteiger partial charge in [0.25, 0.3) is 5.91 Å². The molecule has 5 rings (SSSR count). The maximum Gasteiger partial charge on any atom is 0.257 e. The third-order valence-electron chi connectivity index (χ3n) is 9.84. The van der Waals surface area contributed by atoms with E-state index >= 15 is 0 Å². The van der Waals surface area contributed by atoms with Gasteiger partial charge in [-0.1, -0.05) is 62.2 Å². The van der Waals surface area contributed by atoms with Crippen LogP contribution in [0.5, 0.6) is 0 Å². The van der Waals surface area contributed by atoms with Crippen LogP contribution in [0.25, 0.3) is 0 Å². The number of Topliss-reactive ketones (excluding diaryl/α,β-unsaturated/α-hetero) is 2. The zero-order valence-electron chi connectivity index (χ0n) is 23.1. The largest absolute Gasteiger partial charge is 0.328 e. The molecule has 2 aromatic rings. The van der Waals surface area contributed by atoms with Gasteiger partial charge < -0.3 is 4.90 Å². The lowest BCUT2D eigenvalue weighted by atomic mass is 9.71. The summed E-state index contributed by atoms with van der Waals surface area (Å²) in [6.45, 7) is 6.20. The number of aromatic nitrogens is 3. The van der Waals surface area contributed by atoms with Gasteiger partial charge in [0.2, 0.25) is 0 Å². The molecule has 2 atom stereocenters. The molecule has 2 saturated carbocycles. The fourth-order valence-corrected chi connectivity index (χ4v) is 7.65. The van der Waals surface area contributed by atoms with E-state index in [0.717, 1.165) is 44.2 Å². The molecule has 39 heavy (non-hydrogen) atoms. The fraction of sp³-hybridized carbons (Fsp3) is 0.633. The van der Waals surface area contributed by atoms with E-state index in [2.05, 4.69) is 10.1 Å². The highest BCUT2D eigenvalue weighted by Gasteiger charge is 2.44. The van der Waals surface area contributed by atoms with Gasteiger partial charge in [-0.25, -0.2) is 0 Å². The minimum absolute atomic E-state index is 0.152. The average Bonchev–Trinajstić information content (AvgIpc) is 3.53. The normalized spacial score (nSPS) is 28.0. The molecule has 3 fully saturated rings. The molecule has 2 aromatic heterocycles. The summed E-state index contributed by atoms with van der Waals surface area (Å²) in [5, 5.41) is 5.05. The molecule has 7 nitrogen and oxygen atoms in total. The molecule has 0 bridgehead atoms. The first-order valence-corrected chi connectivity index (χ1v) is 15.1. The third-order valence-corrected chi connectivity index (χ3v) is 10.4. The van der Waals surface area contributed by atoms with Crippen molar-refractivity contribution in [1.82, 2.24) is 19.7 Å². The van der Waals surface area contributed by atoms with Crippen molar-refractivity contribution in [1.29, 1.82) is 0 Å². The number of ketones is 2. The molecule has 1 amide bonds. The Bertz CT molecular complexity index is 1240. The first-order valence-electron chi connectivity index (χ1n) is 14.3. The zero-order valence-corrected chi connectivity index (χ0v) is 24.6. The Hall–Kier alpha value is -2.25. The monoisotopic (exact) mass is 572 g/mol. The molecule has 0 radical (unpaired) electrons. The quantitative estimate of drug-likeness (QED) is 0.351. The predicted molar refractivity (Wildman–Crippen MR) is 151 cm³/mol. The minimum Gasteiger partial charge on any atom is -0.328 e. The highest BCUT2D eigenvalue weighted by molar-refractivity contribution is 6.40. The third kappa shape index (κ3) is 5.41. The summed E-state index contributed by atoms with van der Waals surface area (Å²) in [6, 6.07) is -0.477. The molecule has 210 valence electrons. The lowest BCUT2D eigenvalue weighted by Crippen LogP contribution is -2.41. The van der Waals surface area contributed by atoms with Crippen LogP contribution in [0.1, 0.15) is 111 Å². The summed E-state index contributed by atoms with van der Waals surface area (Å²) < 4.78 is 1.95. The zero-order chi connectivity index (χ0) is 27.9. The van der Waals surface area contributed by atoms with Gasteiger partial charge >= 0.3 is 0 Å². The molecular weight excluding hydrogens is 535 g/mol. The average molecular weight is 574 g/mol. The van der Waals surface area contributed by atoms with Gasteiger partial charge in [0.15, 0.2) is 5.78 Å². The van der Waals surface area contributed by atoms with Crippen LogP contribution < -0.4 is 0 Å². The molecule has 3 heterocycles. The number of carbonyl (C=O) groups is 3. The van der Waals surface area contributed by atoms with Gasteiger partial charge in [0.05, 0.1) is 39.5 Å². The number of halogens is 2. The lowest BCUT2D eigenvalue weighted by molar-refractivity contribution is -0.127.